The average molecular weight is 354 g/mol. The predicted molar refractivity (Wildman–Crippen MR) is 98.7 cm³/mol. The number of fused-ring (bicyclic) bond motifs is 1. The summed E-state index contributed by atoms with van der Waals surface area (Å²) in [7, 11) is 3.22. The SMILES string of the molecule is CCOC(=O)Cn1c(Cc2ccc(OC)c(OC)c2)nc2ccccc21. The standard InChI is InChI=1S/C20H22N2O4/c1-4-26-20(23)13-22-16-8-6-5-7-15(16)21-19(22)12-14-9-10-17(24-2)18(11-14)25-3/h5-11H,4,12-13H2,1-3H3. The van der Waals surface area contributed by atoms with Crippen molar-refractivity contribution in [2.45, 2.75) is 19.9 Å². The lowest BCUT2D eigenvalue weighted by Gasteiger charge is -2.11. The van der Waals surface area contributed by atoms with E-state index in [1.54, 1.807) is 21.1 Å². The zero-order valence-corrected chi connectivity index (χ0v) is 15.2. The highest BCUT2D eigenvalue weighted by Gasteiger charge is 2.15. The first-order valence-corrected chi connectivity index (χ1v) is 8.47. The average Bonchev–Trinajstić information content (AvgIpc) is 2.99. The molecule has 136 valence electrons. The summed E-state index contributed by atoms with van der Waals surface area (Å²) in [4.78, 5) is 16.7. The van der Waals surface area contributed by atoms with Gasteiger partial charge in [0, 0.05) is 6.42 Å². The van der Waals surface area contributed by atoms with Crippen LogP contribution in [0.4, 0.5) is 0 Å². The van der Waals surface area contributed by atoms with Gasteiger partial charge < -0.3 is 18.8 Å². The fourth-order valence-electron chi connectivity index (χ4n) is 2.95. The van der Waals surface area contributed by atoms with Crippen molar-refractivity contribution in [2.75, 3.05) is 20.8 Å². The summed E-state index contributed by atoms with van der Waals surface area (Å²) in [6, 6.07) is 13.5. The van der Waals surface area contributed by atoms with E-state index in [0.29, 0.717) is 24.5 Å². The van der Waals surface area contributed by atoms with E-state index < -0.39 is 0 Å². The van der Waals surface area contributed by atoms with Crippen LogP contribution in [-0.2, 0) is 22.5 Å². The van der Waals surface area contributed by atoms with Gasteiger partial charge in [-0.15, -0.1) is 0 Å². The number of rotatable bonds is 7. The lowest BCUT2D eigenvalue weighted by molar-refractivity contribution is -0.143. The summed E-state index contributed by atoms with van der Waals surface area (Å²) < 4.78 is 17.7. The second-order valence-corrected chi connectivity index (χ2v) is 5.77. The fourth-order valence-corrected chi connectivity index (χ4v) is 2.95. The molecule has 6 heteroatoms. The van der Waals surface area contributed by atoms with Crippen LogP contribution in [0, 0.1) is 0 Å². The van der Waals surface area contributed by atoms with Crippen LogP contribution in [-0.4, -0.2) is 36.3 Å². The van der Waals surface area contributed by atoms with E-state index in [9.17, 15) is 4.79 Å². The number of aromatic nitrogens is 2. The first-order valence-electron chi connectivity index (χ1n) is 8.47. The number of carbonyl (C=O) groups is 1. The summed E-state index contributed by atoms with van der Waals surface area (Å²) in [6.07, 6.45) is 0.564. The molecular weight excluding hydrogens is 332 g/mol. The van der Waals surface area contributed by atoms with E-state index in [2.05, 4.69) is 0 Å². The summed E-state index contributed by atoms with van der Waals surface area (Å²) >= 11 is 0. The first-order chi connectivity index (χ1) is 12.7. The molecule has 0 saturated heterocycles. The molecule has 1 heterocycles. The number of hydrogen-bond acceptors (Lipinski definition) is 5. The minimum atomic E-state index is -0.274. The van der Waals surface area contributed by atoms with Crippen LogP contribution in [0.1, 0.15) is 18.3 Å². The van der Waals surface area contributed by atoms with Gasteiger partial charge in [-0.25, -0.2) is 4.98 Å². The highest BCUT2D eigenvalue weighted by Crippen LogP contribution is 2.29. The summed E-state index contributed by atoms with van der Waals surface area (Å²) in [5.41, 5.74) is 2.78. The Hall–Kier alpha value is -3.02. The molecule has 6 nitrogen and oxygen atoms in total. The van der Waals surface area contributed by atoms with Crippen molar-refractivity contribution < 1.29 is 19.0 Å². The number of methoxy groups -OCH3 is 2. The molecule has 0 spiro atoms. The monoisotopic (exact) mass is 354 g/mol. The zero-order valence-electron chi connectivity index (χ0n) is 15.2. The molecule has 1 aromatic heterocycles. The van der Waals surface area contributed by atoms with Gasteiger partial charge in [0.1, 0.15) is 12.4 Å². The predicted octanol–water partition coefficient (Wildman–Crippen LogP) is 3.21. The second-order valence-electron chi connectivity index (χ2n) is 5.77. The number of esters is 1. The molecule has 0 aliphatic rings. The van der Waals surface area contributed by atoms with Crippen LogP contribution in [0.5, 0.6) is 11.5 Å². The molecule has 0 atom stereocenters. The lowest BCUT2D eigenvalue weighted by atomic mass is 10.1. The van der Waals surface area contributed by atoms with Gasteiger partial charge in [-0.3, -0.25) is 4.79 Å². The number of carbonyl (C=O) groups excluding carboxylic acids is 1. The van der Waals surface area contributed by atoms with Gasteiger partial charge in [-0.2, -0.15) is 0 Å². The van der Waals surface area contributed by atoms with E-state index >= 15 is 0 Å². The Bertz CT molecular complexity index is 917. The van der Waals surface area contributed by atoms with Crippen molar-refractivity contribution >= 4 is 17.0 Å². The Morgan fingerprint density at radius 2 is 1.85 bits per heavy atom. The third kappa shape index (κ3) is 3.64. The molecule has 0 fully saturated rings. The maximum Gasteiger partial charge on any atom is 0.326 e. The van der Waals surface area contributed by atoms with Gasteiger partial charge in [-0.05, 0) is 36.8 Å². The third-order valence-corrected chi connectivity index (χ3v) is 4.14. The molecular formula is C20H22N2O4. The molecule has 3 aromatic rings. The number of benzene rings is 2. The Kier molecular flexibility index (Phi) is 5.41. The van der Waals surface area contributed by atoms with E-state index in [1.165, 1.54) is 0 Å². The van der Waals surface area contributed by atoms with E-state index in [4.69, 9.17) is 19.2 Å². The van der Waals surface area contributed by atoms with Crippen LogP contribution < -0.4 is 9.47 Å². The molecule has 0 unspecified atom stereocenters. The summed E-state index contributed by atoms with van der Waals surface area (Å²) in [5.74, 6) is 1.87. The van der Waals surface area contributed by atoms with Crippen molar-refractivity contribution in [3.63, 3.8) is 0 Å². The lowest BCUT2D eigenvalue weighted by Crippen LogP contribution is -2.15. The molecule has 3 rings (SSSR count). The number of nitrogens with zero attached hydrogens (tertiary/aromatic N) is 2. The van der Waals surface area contributed by atoms with Crippen molar-refractivity contribution in [2.24, 2.45) is 0 Å². The van der Waals surface area contributed by atoms with Crippen molar-refractivity contribution in [3.05, 3.63) is 53.9 Å². The van der Waals surface area contributed by atoms with Crippen LogP contribution in [0.15, 0.2) is 42.5 Å². The minimum Gasteiger partial charge on any atom is -0.493 e. The molecule has 0 aliphatic carbocycles. The smallest absolute Gasteiger partial charge is 0.326 e. The Labute approximate surface area is 152 Å². The van der Waals surface area contributed by atoms with Gasteiger partial charge in [0.25, 0.3) is 0 Å². The van der Waals surface area contributed by atoms with Crippen molar-refractivity contribution in [1.82, 2.24) is 9.55 Å². The van der Waals surface area contributed by atoms with Gasteiger partial charge in [0.05, 0.1) is 31.9 Å². The largest absolute Gasteiger partial charge is 0.493 e. The molecule has 0 bridgehead atoms. The maximum absolute atomic E-state index is 12.0. The van der Waals surface area contributed by atoms with Gasteiger partial charge in [0.15, 0.2) is 11.5 Å². The quantitative estimate of drug-likeness (QED) is 0.610. The normalized spacial score (nSPS) is 10.7. The van der Waals surface area contributed by atoms with Crippen LogP contribution in [0.3, 0.4) is 0 Å². The number of hydrogen-bond donors (Lipinski definition) is 0. The molecule has 0 amide bonds. The van der Waals surface area contributed by atoms with Crippen LogP contribution in [0.25, 0.3) is 11.0 Å². The molecule has 2 aromatic carbocycles. The zero-order chi connectivity index (χ0) is 18.5. The molecule has 26 heavy (non-hydrogen) atoms. The number of ether oxygens (including phenoxy) is 3. The van der Waals surface area contributed by atoms with E-state index in [-0.39, 0.29) is 12.5 Å². The molecule has 0 radical (unpaired) electrons. The van der Waals surface area contributed by atoms with E-state index in [0.717, 1.165) is 22.4 Å². The summed E-state index contributed by atoms with van der Waals surface area (Å²) in [6.45, 7) is 2.29. The first kappa shape index (κ1) is 17.8. The van der Waals surface area contributed by atoms with Crippen molar-refractivity contribution in [3.8, 4) is 11.5 Å². The Morgan fingerprint density at radius 1 is 1.08 bits per heavy atom. The highest BCUT2D eigenvalue weighted by molar-refractivity contribution is 5.79. The number of imidazole rings is 1. The Balaban J connectivity index is 1.97. The van der Waals surface area contributed by atoms with Gasteiger partial charge >= 0.3 is 5.97 Å². The second kappa shape index (κ2) is 7.91. The summed E-state index contributed by atoms with van der Waals surface area (Å²) in [5, 5.41) is 0. The Morgan fingerprint density at radius 3 is 2.58 bits per heavy atom. The van der Waals surface area contributed by atoms with Gasteiger partial charge in [-0.1, -0.05) is 18.2 Å². The third-order valence-electron chi connectivity index (χ3n) is 4.14. The molecule has 0 saturated carbocycles. The van der Waals surface area contributed by atoms with Crippen LogP contribution in [0.2, 0.25) is 0 Å². The van der Waals surface area contributed by atoms with Crippen molar-refractivity contribution in [1.29, 1.82) is 0 Å². The van der Waals surface area contributed by atoms with Gasteiger partial charge in [0.2, 0.25) is 0 Å². The maximum atomic E-state index is 12.0. The molecule has 0 N–H and O–H groups in total. The highest BCUT2D eigenvalue weighted by atomic mass is 16.5. The number of para-hydroxylation sites is 2. The topological polar surface area (TPSA) is 62.6 Å². The minimum absolute atomic E-state index is 0.136. The van der Waals surface area contributed by atoms with Crippen LogP contribution >= 0.6 is 0 Å². The fraction of sp³-hybridized carbons (Fsp3) is 0.300. The van der Waals surface area contributed by atoms with E-state index in [1.807, 2.05) is 47.0 Å². The molecule has 0 aliphatic heterocycles.